The van der Waals surface area contributed by atoms with Crippen LogP contribution in [0.4, 0.5) is 0 Å². The Labute approximate surface area is 204 Å². The van der Waals surface area contributed by atoms with E-state index >= 15 is 0 Å². The first-order chi connectivity index (χ1) is 16.5. The number of nitrogens with zero attached hydrogens (tertiary/aromatic N) is 2. The van der Waals surface area contributed by atoms with E-state index in [0.29, 0.717) is 53.5 Å². The number of thioether (sulfide) groups is 1. The predicted molar refractivity (Wildman–Crippen MR) is 137 cm³/mol. The maximum absolute atomic E-state index is 13.4. The maximum atomic E-state index is 13.4. The number of hydrogen-bond donors (Lipinski definition) is 1. The second-order valence-electron chi connectivity index (χ2n) is 7.97. The van der Waals surface area contributed by atoms with Gasteiger partial charge in [0.1, 0.15) is 0 Å². The molecule has 0 radical (unpaired) electrons. The van der Waals surface area contributed by atoms with Gasteiger partial charge in [0.2, 0.25) is 5.91 Å². The van der Waals surface area contributed by atoms with Gasteiger partial charge in [0, 0.05) is 13.1 Å². The minimum absolute atomic E-state index is 0.0187. The van der Waals surface area contributed by atoms with Gasteiger partial charge in [-0.3, -0.25) is 14.2 Å². The van der Waals surface area contributed by atoms with Crippen LogP contribution >= 0.6 is 11.8 Å². The standard InChI is InChI=1S/C26H33N3O4S/c1-5-7-15-27-24(30)23(6-2)34-26-28-20-11-9-8-10-19(20)25(31)29(26)16-14-18-12-13-21(32-3)22(17-18)33-4/h8-13,17,23H,5-7,14-16H2,1-4H3,(H,27,30)/t23-/m0/s1. The number of unbranched alkanes of at least 4 members (excludes halogenated alkanes) is 1. The number of carbonyl (C=O) groups is 1. The van der Waals surface area contributed by atoms with Crippen LogP contribution in [0.15, 0.2) is 52.4 Å². The minimum atomic E-state index is -0.322. The Hall–Kier alpha value is -3.00. The molecule has 0 saturated heterocycles. The first-order valence-electron chi connectivity index (χ1n) is 11.7. The Kier molecular flexibility index (Phi) is 9.39. The molecule has 34 heavy (non-hydrogen) atoms. The van der Waals surface area contributed by atoms with Gasteiger partial charge in [0.05, 0.1) is 30.4 Å². The zero-order valence-corrected chi connectivity index (χ0v) is 21.1. The molecule has 7 nitrogen and oxygen atoms in total. The van der Waals surface area contributed by atoms with Gasteiger partial charge in [-0.25, -0.2) is 4.98 Å². The van der Waals surface area contributed by atoms with Crippen LogP contribution in [0.2, 0.25) is 0 Å². The lowest BCUT2D eigenvalue weighted by Gasteiger charge is -2.18. The van der Waals surface area contributed by atoms with E-state index in [1.54, 1.807) is 24.9 Å². The Morgan fingerprint density at radius 3 is 2.59 bits per heavy atom. The van der Waals surface area contributed by atoms with Crippen molar-refractivity contribution < 1.29 is 14.3 Å². The average molecular weight is 484 g/mol. The van der Waals surface area contributed by atoms with Crippen molar-refractivity contribution in [1.82, 2.24) is 14.9 Å². The molecule has 2 aromatic carbocycles. The van der Waals surface area contributed by atoms with E-state index in [2.05, 4.69) is 12.2 Å². The summed E-state index contributed by atoms with van der Waals surface area (Å²) < 4.78 is 12.4. The lowest BCUT2D eigenvalue weighted by Crippen LogP contribution is -2.34. The van der Waals surface area contributed by atoms with Gasteiger partial charge in [0.15, 0.2) is 16.7 Å². The van der Waals surface area contributed by atoms with E-state index in [4.69, 9.17) is 14.5 Å². The summed E-state index contributed by atoms with van der Waals surface area (Å²) in [7, 11) is 3.20. The van der Waals surface area contributed by atoms with Crippen molar-refractivity contribution in [3.05, 3.63) is 58.4 Å². The normalized spacial score (nSPS) is 11.9. The highest BCUT2D eigenvalue weighted by Gasteiger charge is 2.21. The van der Waals surface area contributed by atoms with Gasteiger partial charge in [0.25, 0.3) is 5.56 Å². The third-order valence-corrected chi connectivity index (χ3v) is 6.99. The molecule has 182 valence electrons. The van der Waals surface area contributed by atoms with Crippen molar-refractivity contribution in [3.8, 4) is 11.5 Å². The van der Waals surface area contributed by atoms with Crippen molar-refractivity contribution in [2.75, 3.05) is 20.8 Å². The van der Waals surface area contributed by atoms with E-state index < -0.39 is 0 Å². The smallest absolute Gasteiger partial charge is 0.262 e. The monoisotopic (exact) mass is 483 g/mol. The molecule has 0 aliphatic carbocycles. The summed E-state index contributed by atoms with van der Waals surface area (Å²) in [5, 5.41) is 3.81. The van der Waals surface area contributed by atoms with Crippen LogP contribution in [0.1, 0.15) is 38.7 Å². The second kappa shape index (κ2) is 12.5. The minimum Gasteiger partial charge on any atom is -0.493 e. The number of aromatic nitrogens is 2. The van der Waals surface area contributed by atoms with Crippen molar-refractivity contribution >= 4 is 28.6 Å². The molecule has 0 aliphatic heterocycles. The van der Waals surface area contributed by atoms with Crippen LogP contribution in [-0.4, -0.2) is 41.5 Å². The fraction of sp³-hybridized carbons (Fsp3) is 0.423. The molecule has 3 rings (SSSR count). The van der Waals surface area contributed by atoms with Gasteiger partial charge in [-0.15, -0.1) is 0 Å². The van der Waals surface area contributed by atoms with E-state index in [0.717, 1.165) is 18.4 Å². The van der Waals surface area contributed by atoms with Crippen LogP contribution in [0, 0.1) is 0 Å². The van der Waals surface area contributed by atoms with Crippen LogP contribution in [-0.2, 0) is 17.8 Å². The summed E-state index contributed by atoms with van der Waals surface area (Å²) in [6, 6.07) is 13.1. The molecule has 8 heteroatoms. The van der Waals surface area contributed by atoms with Gasteiger partial charge in [-0.2, -0.15) is 0 Å². The van der Waals surface area contributed by atoms with Crippen LogP contribution in [0.3, 0.4) is 0 Å². The van der Waals surface area contributed by atoms with Crippen LogP contribution < -0.4 is 20.3 Å². The molecule has 0 bridgehead atoms. The molecule has 1 N–H and O–H groups in total. The first-order valence-corrected chi connectivity index (χ1v) is 12.5. The summed E-state index contributed by atoms with van der Waals surface area (Å²) >= 11 is 1.35. The second-order valence-corrected chi connectivity index (χ2v) is 9.14. The highest BCUT2D eigenvalue weighted by atomic mass is 32.2. The third-order valence-electron chi connectivity index (χ3n) is 5.64. The lowest BCUT2D eigenvalue weighted by molar-refractivity contribution is -0.120. The number of hydrogen-bond acceptors (Lipinski definition) is 6. The van der Waals surface area contributed by atoms with Crippen molar-refractivity contribution in [3.63, 3.8) is 0 Å². The summed E-state index contributed by atoms with van der Waals surface area (Å²) in [5.74, 6) is 1.29. The van der Waals surface area contributed by atoms with Gasteiger partial charge in [-0.05, 0) is 49.1 Å². The largest absolute Gasteiger partial charge is 0.493 e. The molecule has 1 amide bonds. The molecule has 0 saturated carbocycles. The Morgan fingerprint density at radius 1 is 1.12 bits per heavy atom. The van der Waals surface area contributed by atoms with Crippen molar-refractivity contribution in [2.24, 2.45) is 0 Å². The Balaban J connectivity index is 1.91. The molecule has 0 spiro atoms. The number of rotatable bonds is 12. The number of fused-ring (bicyclic) bond motifs is 1. The number of benzene rings is 2. The highest BCUT2D eigenvalue weighted by Crippen LogP contribution is 2.29. The first kappa shape index (κ1) is 25.6. The Bertz CT molecular complexity index is 1180. The Morgan fingerprint density at radius 2 is 1.88 bits per heavy atom. The number of nitrogens with one attached hydrogen (secondary N) is 1. The van der Waals surface area contributed by atoms with Gasteiger partial charge < -0.3 is 14.8 Å². The lowest BCUT2D eigenvalue weighted by atomic mass is 10.1. The summed E-state index contributed by atoms with van der Waals surface area (Å²) in [4.78, 5) is 30.9. The number of carbonyl (C=O) groups excluding carboxylic acids is 1. The SMILES string of the molecule is CCCCNC(=O)[C@H](CC)Sc1nc2ccccc2c(=O)n1CCc1ccc(OC)c(OC)c1. The molecular weight excluding hydrogens is 450 g/mol. The molecule has 1 heterocycles. The molecule has 1 atom stereocenters. The van der Waals surface area contributed by atoms with Crippen LogP contribution in [0.5, 0.6) is 11.5 Å². The highest BCUT2D eigenvalue weighted by molar-refractivity contribution is 8.00. The molecule has 0 aliphatic rings. The maximum Gasteiger partial charge on any atom is 0.262 e. The molecule has 0 unspecified atom stereocenters. The molecule has 1 aromatic heterocycles. The number of para-hydroxylation sites is 1. The number of aryl methyl sites for hydroxylation is 1. The average Bonchev–Trinajstić information content (AvgIpc) is 2.86. The third kappa shape index (κ3) is 6.11. The summed E-state index contributed by atoms with van der Waals surface area (Å²) in [6.07, 6.45) is 3.21. The van der Waals surface area contributed by atoms with Crippen molar-refractivity contribution in [1.29, 1.82) is 0 Å². The van der Waals surface area contributed by atoms with Crippen LogP contribution in [0.25, 0.3) is 10.9 Å². The molecular formula is C26H33N3O4S. The fourth-order valence-electron chi connectivity index (χ4n) is 3.66. The molecule has 3 aromatic rings. The number of amides is 1. The zero-order valence-electron chi connectivity index (χ0n) is 20.3. The van der Waals surface area contributed by atoms with Crippen molar-refractivity contribution in [2.45, 2.75) is 56.5 Å². The van der Waals surface area contributed by atoms with E-state index in [-0.39, 0.29) is 16.7 Å². The summed E-state index contributed by atoms with van der Waals surface area (Å²) in [6.45, 7) is 5.16. The predicted octanol–water partition coefficient (Wildman–Crippen LogP) is 4.44. The van der Waals surface area contributed by atoms with E-state index in [1.807, 2.05) is 43.3 Å². The zero-order chi connectivity index (χ0) is 24.5. The topological polar surface area (TPSA) is 82.5 Å². The van der Waals surface area contributed by atoms with Gasteiger partial charge >= 0.3 is 0 Å². The number of methoxy groups -OCH3 is 2. The van der Waals surface area contributed by atoms with E-state index in [1.165, 1.54) is 11.8 Å². The van der Waals surface area contributed by atoms with Gasteiger partial charge in [-0.1, -0.05) is 50.2 Å². The van der Waals surface area contributed by atoms with E-state index in [9.17, 15) is 9.59 Å². The quantitative estimate of drug-likeness (QED) is 0.233. The molecule has 0 fully saturated rings. The number of ether oxygens (including phenoxy) is 2. The fourth-order valence-corrected chi connectivity index (χ4v) is 4.73. The summed E-state index contributed by atoms with van der Waals surface area (Å²) in [5.41, 5.74) is 1.55.